The van der Waals surface area contributed by atoms with E-state index in [0.29, 0.717) is 30.4 Å². The van der Waals surface area contributed by atoms with Gasteiger partial charge in [0, 0.05) is 20.2 Å². The highest BCUT2D eigenvalue weighted by Crippen LogP contribution is 2.31. The number of nitrogens with zero attached hydrogens (tertiary/aromatic N) is 3. The van der Waals surface area contributed by atoms with Gasteiger partial charge in [-0.3, -0.25) is 14.3 Å². The molecule has 2 aromatic rings. The van der Waals surface area contributed by atoms with E-state index >= 15 is 0 Å². The number of piperidine rings is 1. The van der Waals surface area contributed by atoms with E-state index in [1.165, 1.54) is 6.42 Å². The number of hydrogen-bond donors (Lipinski definition) is 0. The Kier molecular flexibility index (Phi) is 6.66. The van der Waals surface area contributed by atoms with Crippen LogP contribution < -0.4 is 5.56 Å². The number of rotatable bonds is 7. The highest BCUT2D eigenvalue weighted by atomic mass is 16.5. The molecule has 27 heavy (non-hydrogen) atoms. The number of likely N-dealkylation sites (tertiary alicyclic amines) is 1. The van der Waals surface area contributed by atoms with Crippen LogP contribution in [-0.4, -0.2) is 41.3 Å². The molecule has 3 atom stereocenters. The Morgan fingerprint density at radius 1 is 1.22 bits per heavy atom. The Morgan fingerprint density at radius 3 is 2.59 bits per heavy atom. The first-order chi connectivity index (χ1) is 13.0. The third-order valence-corrected chi connectivity index (χ3v) is 5.61. The second-order valence-electron chi connectivity index (χ2n) is 8.14. The fraction of sp³-hybridized carbons (Fsp3) is 0.636. The first-order valence-corrected chi connectivity index (χ1v) is 10.3. The van der Waals surface area contributed by atoms with Crippen molar-refractivity contribution < 1.29 is 4.74 Å². The molecular formula is C22H33N3O2. The first-order valence-electron chi connectivity index (χ1n) is 10.3. The standard InChI is InChI=1S/C22H33N3O2/c1-5-8-20(24-14-16(2)13-17(3)15-24)21-23-19-10-7-6-9-18(19)22(26)25(21)11-12-27-4/h6-7,9-10,16-17,20H,5,8,11-15H2,1-4H3/t16-,17+,20?. The highest BCUT2D eigenvalue weighted by Gasteiger charge is 2.31. The number of aromatic nitrogens is 2. The molecule has 3 rings (SSSR count). The fourth-order valence-electron chi connectivity index (χ4n) is 4.55. The van der Waals surface area contributed by atoms with Crippen molar-refractivity contribution in [2.45, 2.75) is 52.6 Å². The van der Waals surface area contributed by atoms with E-state index in [0.717, 1.165) is 37.3 Å². The Balaban J connectivity index is 2.10. The summed E-state index contributed by atoms with van der Waals surface area (Å²) in [6.07, 6.45) is 3.35. The predicted molar refractivity (Wildman–Crippen MR) is 110 cm³/mol. The van der Waals surface area contributed by atoms with Crippen molar-refractivity contribution in [2.75, 3.05) is 26.8 Å². The van der Waals surface area contributed by atoms with Crippen LogP contribution in [0.3, 0.4) is 0 Å². The van der Waals surface area contributed by atoms with E-state index in [9.17, 15) is 4.79 Å². The van der Waals surface area contributed by atoms with Crippen LogP contribution in [-0.2, 0) is 11.3 Å². The summed E-state index contributed by atoms with van der Waals surface area (Å²) in [5.41, 5.74) is 0.845. The monoisotopic (exact) mass is 371 g/mol. The third-order valence-electron chi connectivity index (χ3n) is 5.61. The van der Waals surface area contributed by atoms with Gasteiger partial charge in [-0.05, 0) is 36.8 Å². The second-order valence-corrected chi connectivity index (χ2v) is 8.14. The molecule has 5 heteroatoms. The summed E-state index contributed by atoms with van der Waals surface area (Å²) in [6, 6.07) is 7.86. The van der Waals surface area contributed by atoms with Gasteiger partial charge in [0.2, 0.25) is 0 Å². The van der Waals surface area contributed by atoms with Gasteiger partial charge in [0.15, 0.2) is 0 Å². The van der Waals surface area contributed by atoms with Crippen LogP contribution in [0.4, 0.5) is 0 Å². The Labute approximate surface area is 162 Å². The normalized spacial score (nSPS) is 22.2. The Morgan fingerprint density at radius 2 is 1.93 bits per heavy atom. The summed E-state index contributed by atoms with van der Waals surface area (Å²) in [7, 11) is 1.68. The zero-order valence-corrected chi connectivity index (χ0v) is 17.1. The van der Waals surface area contributed by atoms with E-state index in [1.54, 1.807) is 7.11 Å². The third kappa shape index (κ3) is 4.41. The quantitative estimate of drug-likeness (QED) is 0.741. The SMILES string of the molecule is CCCC(c1nc2ccccc2c(=O)n1CCOC)N1C[C@H](C)C[C@H](C)C1. The maximum atomic E-state index is 13.2. The molecule has 0 N–H and O–H groups in total. The summed E-state index contributed by atoms with van der Waals surface area (Å²) in [5.74, 6) is 2.25. The molecule has 1 fully saturated rings. The van der Waals surface area contributed by atoms with Gasteiger partial charge in [-0.25, -0.2) is 4.98 Å². The maximum Gasteiger partial charge on any atom is 0.261 e. The van der Waals surface area contributed by atoms with Gasteiger partial charge in [0.25, 0.3) is 5.56 Å². The van der Waals surface area contributed by atoms with Crippen LogP contribution in [0.15, 0.2) is 29.1 Å². The van der Waals surface area contributed by atoms with Crippen molar-refractivity contribution in [1.29, 1.82) is 0 Å². The largest absolute Gasteiger partial charge is 0.383 e. The molecule has 1 aliphatic rings. The molecule has 0 saturated carbocycles. The van der Waals surface area contributed by atoms with Gasteiger partial charge >= 0.3 is 0 Å². The molecule has 0 spiro atoms. The Hall–Kier alpha value is -1.72. The summed E-state index contributed by atoms with van der Waals surface area (Å²) in [4.78, 5) is 20.8. The lowest BCUT2D eigenvalue weighted by molar-refractivity contribution is 0.0822. The van der Waals surface area contributed by atoms with E-state index < -0.39 is 0 Å². The van der Waals surface area contributed by atoms with Gasteiger partial charge in [-0.15, -0.1) is 0 Å². The van der Waals surface area contributed by atoms with Crippen LogP contribution in [0, 0.1) is 11.8 Å². The zero-order chi connectivity index (χ0) is 19.4. The minimum absolute atomic E-state index is 0.0480. The average molecular weight is 372 g/mol. The molecular weight excluding hydrogens is 338 g/mol. The summed E-state index contributed by atoms with van der Waals surface area (Å²) < 4.78 is 7.14. The van der Waals surface area contributed by atoms with Gasteiger partial charge in [0.05, 0.1) is 30.1 Å². The predicted octanol–water partition coefficient (Wildman–Crippen LogP) is 3.86. The van der Waals surface area contributed by atoms with Crippen molar-refractivity contribution in [2.24, 2.45) is 11.8 Å². The number of fused-ring (bicyclic) bond motifs is 1. The first kappa shape index (κ1) is 20.0. The number of hydrogen-bond acceptors (Lipinski definition) is 4. The van der Waals surface area contributed by atoms with Crippen molar-refractivity contribution >= 4 is 10.9 Å². The lowest BCUT2D eigenvalue weighted by atomic mass is 9.90. The summed E-state index contributed by atoms with van der Waals surface area (Å²) >= 11 is 0. The molecule has 0 radical (unpaired) electrons. The zero-order valence-electron chi connectivity index (χ0n) is 17.1. The van der Waals surface area contributed by atoms with Crippen molar-refractivity contribution in [3.63, 3.8) is 0 Å². The number of methoxy groups -OCH3 is 1. The van der Waals surface area contributed by atoms with Crippen LogP contribution >= 0.6 is 0 Å². The number of para-hydroxylation sites is 1. The lowest BCUT2D eigenvalue weighted by Crippen LogP contribution is -2.43. The number of benzene rings is 1. The fourth-order valence-corrected chi connectivity index (χ4v) is 4.55. The van der Waals surface area contributed by atoms with Crippen molar-refractivity contribution in [3.8, 4) is 0 Å². The van der Waals surface area contributed by atoms with Crippen molar-refractivity contribution in [3.05, 3.63) is 40.4 Å². The molecule has 0 amide bonds. The lowest BCUT2D eigenvalue weighted by Gasteiger charge is -2.40. The molecule has 0 bridgehead atoms. The van der Waals surface area contributed by atoms with Crippen LogP contribution in [0.5, 0.6) is 0 Å². The molecule has 5 nitrogen and oxygen atoms in total. The average Bonchev–Trinajstić information content (AvgIpc) is 2.64. The molecule has 2 heterocycles. The van der Waals surface area contributed by atoms with Crippen LogP contribution in [0.1, 0.15) is 51.9 Å². The van der Waals surface area contributed by atoms with E-state index in [4.69, 9.17) is 9.72 Å². The molecule has 0 aliphatic carbocycles. The minimum Gasteiger partial charge on any atom is -0.383 e. The van der Waals surface area contributed by atoms with E-state index in [-0.39, 0.29) is 11.6 Å². The van der Waals surface area contributed by atoms with Gasteiger partial charge < -0.3 is 4.74 Å². The minimum atomic E-state index is 0.0480. The smallest absolute Gasteiger partial charge is 0.261 e. The molecule has 148 valence electrons. The number of ether oxygens (including phenoxy) is 1. The maximum absolute atomic E-state index is 13.2. The van der Waals surface area contributed by atoms with Gasteiger partial charge in [-0.2, -0.15) is 0 Å². The van der Waals surface area contributed by atoms with Crippen LogP contribution in [0.25, 0.3) is 10.9 Å². The van der Waals surface area contributed by atoms with E-state index in [1.807, 2.05) is 28.8 Å². The molecule has 1 aliphatic heterocycles. The Bertz CT molecular complexity index is 807. The molecule has 1 aromatic carbocycles. The second kappa shape index (κ2) is 8.98. The summed E-state index contributed by atoms with van der Waals surface area (Å²) in [6.45, 7) is 10.1. The van der Waals surface area contributed by atoms with Crippen molar-refractivity contribution in [1.82, 2.24) is 14.5 Å². The summed E-state index contributed by atoms with van der Waals surface area (Å²) in [5, 5.41) is 0.688. The molecule has 1 aromatic heterocycles. The van der Waals surface area contributed by atoms with Gasteiger partial charge in [0.1, 0.15) is 5.82 Å². The topological polar surface area (TPSA) is 47.4 Å². The molecule has 1 saturated heterocycles. The van der Waals surface area contributed by atoms with Gasteiger partial charge in [-0.1, -0.05) is 39.3 Å². The molecule has 1 unspecified atom stereocenters. The highest BCUT2D eigenvalue weighted by molar-refractivity contribution is 5.77. The van der Waals surface area contributed by atoms with E-state index in [2.05, 4.69) is 25.7 Å². The van der Waals surface area contributed by atoms with Crippen LogP contribution in [0.2, 0.25) is 0 Å².